The van der Waals surface area contributed by atoms with Crippen molar-refractivity contribution in [3.63, 3.8) is 0 Å². The third kappa shape index (κ3) is 1.46. The average molecular weight is 264 g/mol. The van der Waals surface area contributed by atoms with Crippen LogP contribution in [0.25, 0.3) is 10.9 Å². The molecule has 3 rings (SSSR count). The molecule has 5 heteroatoms. The highest BCUT2D eigenvalue weighted by molar-refractivity contribution is 6.31. The first kappa shape index (κ1) is 11.3. The third-order valence-corrected chi connectivity index (χ3v) is 3.53. The summed E-state index contributed by atoms with van der Waals surface area (Å²) in [5, 5.41) is 10.8. The molecule has 0 unspecified atom stereocenters. The number of ketones is 1. The van der Waals surface area contributed by atoms with Crippen LogP contribution in [-0.4, -0.2) is 15.7 Å². The van der Waals surface area contributed by atoms with E-state index in [-0.39, 0.29) is 22.2 Å². The number of hydrogen-bond donors (Lipinski definition) is 1. The van der Waals surface area contributed by atoms with Gasteiger partial charge in [0.1, 0.15) is 0 Å². The average Bonchev–Trinajstić information content (AvgIpc) is 2.35. The first-order valence-corrected chi connectivity index (χ1v) is 6.07. The lowest BCUT2D eigenvalue weighted by atomic mass is 9.93. The van der Waals surface area contributed by atoms with E-state index < -0.39 is 0 Å². The lowest BCUT2D eigenvalue weighted by Crippen LogP contribution is -2.26. The molecule has 2 aromatic rings. The number of nitrogens with zero attached hydrogens (tertiary/aromatic N) is 1. The molecule has 0 bridgehead atoms. The molecule has 1 aliphatic carbocycles. The molecular formula is C13H10ClNO3. The molecule has 1 aromatic heterocycles. The van der Waals surface area contributed by atoms with Crippen molar-refractivity contribution in [2.45, 2.75) is 19.3 Å². The summed E-state index contributed by atoms with van der Waals surface area (Å²) in [6, 6.07) is 4.67. The molecule has 0 spiro atoms. The second-order valence-corrected chi connectivity index (χ2v) is 4.84. The second kappa shape index (κ2) is 3.85. The third-order valence-electron chi connectivity index (χ3n) is 3.30. The zero-order chi connectivity index (χ0) is 12.9. The quantitative estimate of drug-likeness (QED) is 0.743. The zero-order valence-corrected chi connectivity index (χ0v) is 10.2. The Kier molecular flexibility index (Phi) is 2.41. The summed E-state index contributed by atoms with van der Waals surface area (Å²) in [5.74, 6) is -0.203. The number of benzene rings is 1. The first-order chi connectivity index (χ1) is 8.59. The minimum Gasteiger partial charge on any atom is -0.428 e. The van der Waals surface area contributed by atoms with Crippen molar-refractivity contribution >= 4 is 28.3 Å². The van der Waals surface area contributed by atoms with Gasteiger partial charge in [0, 0.05) is 11.4 Å². The minimum absolute atomic E-state index is 0.110. The summed E-state index contributed by atoms with van der Waals surface area (Å²) in [7, 11) is 0. The zero-order valence-electron chi connectivity index (χ0n) is 9.44. The normalized spacial score (nSPS) is 14.8. The molecule has 18 heavy (non-hydrogen) atoms. The first-order valence-electron chi connectivity index (χ1n) is 5.69. The summed E-state index contributed by atoms with van der Waals surface area (Å²) in [6.45, 7) is 0. The van der Waals surface area contributed by atoms with E-state index in [0.717, 1.165) is 4.73 Å². The number of carbonyl (C=O) groups is 1. The van der Waals surface area contributed by atoms with Gasteiger partial charge in [-0.2, -0.15) is 4.73 Å². The van der Waals surface area contributed by atoms with E-state index in [1.807, 2.05) is 0 Å². The van der Waals surface area contributed by atoms with Crippen molar-refractivity contribution < 1.29 is 10.0 Å². The van der Waals surface area contributed by atoms with Crippen molar-refractivity contribution in [1.29, 1.82) is 0 Å². The molecule has 0 radical (unpaired) electrons. The van der Waals surface area contributed by atoms with Gasteiger partial charge in [-0.15, -0.1) is 0 Å². The van der Waals surface area contributed by atoms with Crippen molar-refractivity contribution in [2.75, 3.05) is 0 Å². The molecule has 0 saturated heterocycles. The molecule has 1 N–H and O–H groups in total. The van der Waals surface area contributed by atoms with Crippen LogP contribution >= 0.6 is 11.6 Å². The van der Waals surface area contributed by atoms with E-state index in [1.165, 1.54) is 6.07 Å². The van der Waals surface area contributed by atoms with Gasteiger partial charge in [0.05, 0.1) is 22.2 Å². The molecule has 0 amide bonds. The Morgan fingerprint density at radius 2 is 2.00 bits per heavy atom. The van der Waals surface area contributed by atoms with E-state index in [1.54, 1.807) is 12.1 Å². The van der Waals surface area contributed by atoms with Gasteiger partial charge in [-0.25, -0.2) is 0 Å². The van der Waals surface area contributed by atoms with E-state index in [4.69, 9.17) is 11.6 Å². The molecular weight excluding hydrogens is 254 g/mol. The van der Waals surface area contributed by atoms with Crippen LogP contribution in [-0.2, 0) is 6.42 Å². The van der Waals surface area contributed by atoms with Crippen LogP contribution in [0.5, 0.6) is 0 Å². The van der Waals surface area contributed by atoms with E-state index in [2.05, 4.69) is 0 Å². The number of pyridine rings is 1. The Morgan fingerprint density at radius 3 is 2.78 bits per heavy atom. The summed E-state index contributed by atoms with van der Waals surface area (Å²) >= 11 is 5.85. The van der Waals surface area contributed by atoms with Crippen LogP contribution in [0, 0.1) is 0 Å². The molecule has 4 nitrogen and oxygen atoms in total. The van der Waals surface area contributed by atoms with Crippen molar-refractivity contribution in [2.24, 2.45) is 0 Å². The van der Waals surface area contributed by atoms with Gasteiger partial charge in [-0.1, -0.05) is 11.6 Å². The Morgan fingerprint density at radius 1 is 1.22 bits per heavy atom. The van der Waals surface area contributed by atoms with Gasteiger partial charge in [0.2, 0.25) is 5.43 Å². The van der Waals surface area contributed by atoms with Crippen LogP contribution in [0.1, 0.15) is 28.9 Å². The number of Topliss-reactive ketones (excluding diaryl/α,β-unsaturated/α-hetero) is 1. The Labute approximate surface area is 107 Å². The number of rotatable bonds is 0. The standard InChI is InChI=1S/C13H10ClNO3/c14-7-4-5-9-8(6-7)13(17)12-10(15(9)18)2-1-3-11(12)16/h4-6,18H,1-3H2. The van der Waals surface area contributed by atoms with Crippen molar-refractivity contribution in [1.82, 2.24) is 4.73 Å². The predicted molar refractivity (Wildman–Crippen MR) is 67.7 cm³/mol. The lowest BCUT2D eigenvalue weighted by Gasteiger charge is -2.18. The van der Waals surface area contributed by atoms with Crippen LogP contribution in [0.4, 0.5) is 0 Å². The molecule has 1 aromatic carbocycles. The number of hydrogen-bond acceptors (Lipinski definition) is 3. The maximum Gasteiger partial charge on any atom is 0.200 e. The summed E-state index contributed by atoms with van der Waals surface area (Å²) in [4.78, 5) is 24.1. The monoisotopic (exact) mass is 263 g/mol. The smallest absolute Gasteiger partial charge is 0.200 e. The summed E-state index contributed by atoms with van der Waals surface area (Å²) in [5.41, 5.74) is 0.569. The van der Waals surface area contributed by atoms with E-state index in [0.29, 0.717) is 35.5 Å². The molecule has 92 valence electrons. The van der Waals surface area contributed by atoms with Crippen LogP contribution in [0.3, 0.4) is 0 Å². The molecule has 1 heterocycles. The van der Waals surface area contributed by atoms with Gasteiger partial charge in [-0.3, -0.25) is 9.59 Å². The van der Waals surface area contributed by atoms with Gasteiger partial charge in [0.15, 0.2) is 5.78 Å². The summed E-state index contributed by atoms with van der Waals surface area (Å²) < 4.78 is 0.944. The Balaban J connectivity index is 2.52. The molecule has 0 aliphatic heterocycles. The molecule has 0 fully saturated rings. The van der Waals surface area contributed by atoms with Crippen molar-refractivity contribution in [3.05, 3.63) is 44.7 Å². The largest absolute Gasteiger partial charge is 0.428 e. The fraction of sp³-hybridized carbons (Fsp3) is 0.231. The fourth-order valence-electron chi connectivity index (χ4n) is 2.45. The van der Waals surface area contributed by atoms with Gasteiger partial charge >= 0.3 is 0 Å². The number of aromatic nitrogens is 1. The maximum atomic E-state index is 12.3. The highest BCUT2D eigenvalue weighted by atomic mass is 35.5. The van der Waals surface area contributed by atoms with Gasteiger partial charge in [0.25, 0.3) is 0 Å². The van der Waals surface area contributed by atoms with Crippen molar-refractivity contribution in [3.8, 4) is 0 Å². The number of carbonyl (C=O) groups excluding carboxylic acids is 1. The topological polar surface area (TPSA) is 59.3 Å². The highest BCUT2D eigenvalue weighted by Crippen LogP contribution is 2.24. The van der Waals surface area contributed by atoms with Crippen LogP contribution < -0.4 is 5.43 Å². The number of halogens is 1. The predicted octanol–water partition coefficient (Wildman–Crippen LogP) is 2.41. The van der Waals surface area contributed by atoms with Crippen LogP contribution in [0.15, 0.2) is 23.0 Å². The summed E-state index contributed by atoms with van der Waals surface area (Å²) in [6.07, 6.45) is 1.55. The minimum atomic E-state index is -0.336. The van der Waals surface area contributed by atoms with E-state index in [9.17, 15) is 14.8 Å². The van der Waals surface area contributed by atoms with Crippen LogP contribution in [0.2, 0.25) is 5.02 Å². The lowest BCUT2D eigenvalue weighted by molar-refractivity contribution is 0.0959. The maximum absolute atomic E-state index is 12.3. The Bertz CT molecular complexity index is 733. The van der Waals surface area contributed by atoms with Gasteiger partial charge in [-0.05, 0) is 31.0 Å². The highest BCUT2D eigenvalue weighted by Gasteiger charge is 2.25. The SMILES string of the molecule is O=C1CCCc2c1c(=O)c1cc(Cl)ccc1n2O. The van der Waals surface area contributed by atoms with E-state index >= 15 is 0 Å². The molecule has 0 atom stereocenters. The number of fused-ring (bicyclic) bond motifs is 2. The second-order valence-electron chi connectivity index (χ2n) is 4.40. The molecule has 0 saturated carbocycles. The Hall–Kier alpha value is -1.81. The molecule has 1 aliphatic rings. The fourth-order valence-corrected chi connectivity index (χ4v) is 2.62. The van der Waals surface area contributed by atoms with Gasteiger partial charge < -0.3 is 5.21 Å².